The number of benzene rings is 1. The summed E-state index contributed by atoms with van der Waals surface area (Å²) < 4.78 is 0. The molecule has 0 bridgehead atoms. The van der Waals surface area contributed by atoms with Crippen LogP contribution in [0.2, 0.25) is 0 Å². The van der Waals surface area contributed by atoms with Crippen LogP contribution in [0, 0.1) is 12.8 Å². The minimum Gasteiger partial charge on any atom is -0.480 e. The Bertz CT molecular complexity index is 621. The Labute approximate surface area is 156 Å². The lowest BCUT2D eigenvalue weighted by Gasteiger charge is -2.33. The summed E-state index contributed by atoms with van der Waals surface area (Å²) in [7, 11) is 0. The van der Waals surface area contributed by atoms with Gasteiger partial charge in [-0.25, -0.2) is 0 Å². The van der Waals surface area contributed by atoms with Crippen LogP contribution in [0.25, 0.3) is 0 Å². The maximum atomic E-state index is 12.5. The van der Waals surface area contributed by atoms with E-state index in [-0.39, 0.29) is 12.5 Å². The van der Waals surface area contributed by atoms with Crippen molar-refractivity contribution in [3.05, 3.63) is 35.4 Å². The molecule has 0 saturated carbocycles. The minimum atomic E-state index is -0.801. The summed E-state index contributed by atoms with van der Waals surface area (Å²) in [6.07, 6.45) is 5.92. The Morgan fingerprint density at radius 2 is 1.77 bits per heavy atom. The zero-order valence-corrected chi connectivity index (χ0v) is 15.7. The van der Waals surface area contributed by atoms with Crippen molar-refractivity contribution in [1.82, 2.24) is 9.80 Å². The van der Waals surface area contributed by atoms with E-state index in [0.717, 1.165) is 45.3 Å². The second-order valence-electron chi connectivity index (χ2n) is 7.82. The minimum absolute atomic E-state index is 0.0927. The summed E-state index contributed by atoms with van der Waals surface area (Å²) in [5.74, 6) is -0.0286. The molecule has 26 heavy (non-hydrogen) atoms. The van der Waals surface area contributed by atoms with Gasteiger partial charge in [0.25, 0.3) is 0 Å². The van der Waals surface area contributed by atoms with E-state index < -0.39 is 12.0 Å². The van der Waals surface area contributed by atoms with Crippen LogP contribution in [0.5, 0.6) is 0 Å². The topological polar surface area (TPSA) is 60.9 Å². The van der Waals surface area contributed by atoms with Crippen molar-refractivity contribution < 1.29 is 14.7 Å². The summed E-state index contributed by atoms with van der Waals surface area (Å²) in [5, 5.41) is 9.24. The van der Waals surface area contributed by atoms with Gasteiger partial charge < -0.3 is 10.0 Å². The average molecular weight is 358 g/mol. The number of likely N-dealkylation sites (tertiary alicyclic amines) is 2. The molecule has 1 amide bonds. The number of carboxylic acid groups (broad SMARTS) is 1. The molecule has 5 nitrogen and oxygen atoms in total. The number of carboxylic acids is 1. The smallest absolute Gasteiger partial charge is 0.320 e. The van der Waals surface area contributed by atoms with Gasteiger partial charge in [-0.1, -0.05) is 29.8 Å². The van der Waals surface area contributed by atoms with E-state index in [9.17, 15) is 14.7 Å². The first-order valence-corrected chi connectivity index (χ1v) is 9.83. The van der Waals surface area contributed by atoms with Crippen molar-refractivity contribution >= 4 is 11.9 Å². The summed E-state index contributed by atoms with van der Waals surface area (Å²) in [6, 6.07) is 8.27. The Morgan fingerprint density at radius 3 is 2.42 bits per heavy atom. The van der Waals surface area contributed by atoms with Crippen LogP contribution < -0.4 is 0 Å². The number of hydrogen-bond donors (Lipinski definition) is 1. The number of piperidine rings is 1. The summed E-state index contributed by atoms with van der Waals surface area (Å²) >= 11 is 0. The zero-order chi connectivity index (χ0) is 18.5. The predicted octanol–water partition coefficient (Wildman–Crippen LogP) is 2.72. The molecule has 0 spiro atoms. The molecule has 2 heterocycles. The highest BCUT2D eigenvalue weighted by atomic mass is 16.4. The molecule has 2 fully saturated rings. The van der Waals surface area contributed by atoms with Crippen molar-refractivity contribution in [2.75, 3.05) is 26.2 Å². The van der Waals surface area contributed by atoms with Crippen LogP contribution in [-0.2, 0) is 16.0 Å². The molecule has 0 aromatic heterocycles. The fraction of sp³-hybridized carbons (Fsp3) is 0.619. The molecule has 2 aliphatic rings. The quantitative estimate of drug-likeness (QED) is 0.849. The Kier molecular flexibility index (Phi) is 6.30. The van der Waals surface area contributed by atoms with Gasteiger partial charge in [0.05, 0.1) is 6.54 Å². The van der Waals surface area contributed by atoms with Gasteiger partial charge in [-0.2, -0.15) is 0 Å². The average Bonchev–Trinajstić information content (AvgIpc) is 3.10. The van der Waals surface area contributed by atoms with Crippen molar-refractivity contribution in [3.8, 4) is 0 Å². The number of nitrogens with zero attached hydrogens (tertiary/aromatic N) is 2. The Balaban J connectivity index is 1.41. The predicted molar refractivity (Wildman–Crippen MR) is 101 cm³/mol. The van der Waals surface area contributed by atoms with Gasteiger partial charge >= 0.3 is 5.97 Å². The molecule has 2 saturated heterocycles. The van der Waals surface area contributed by atoms with E-state index in [4.69, 9.17) is 0 Å². The standard InChI is InChI=1S/C21H30N2O3/c1-16-4-6-17(7-5-16)8-9-18-10-13-22(14-11-18)20(24)15-23-12-2-3-19(23)21(25)26/h4-7,18-19H,2-3,8-15H2,1H3,(H,25,26)/t19-/m1/s1. The first kappa shape index (κ1) is 18.9. The van der Waals surface area contributed by atoms with Crippen molar-refractivity contribution in [1.29, 1.82) is 0 Å². The lowest BCUT2D eigenvalue weighted by atomic mass is 9.90. The summed E-state index contributed by atoms with van der Waals surface area (Å²) in [5.41, 5.74) is 2.69. The second kappa shape index (κ2) is 8.67. The number of carbonyl (C=O) groups excluding carboxylic acids is 1. The van der Waals surface area contributed by atoms with Gasteiger partial charge in [0.15, 0.2) is 0 Å². The van der Waals surface area contributed by atoms with Gasteiger partial charge in [-0.05, 0) is 63.5 Å². The van der Waals surface area contributed by atoms with Gasteiger partial charge in [-0.3, -0.25) is 14.5 Å². The lowest BCUT2D eigenvalue weighted by molar-refractivity contribution is -0.143. The van der Waals surface area contributed by atoms with E-state index >= 15 is 0 Å². The highest BCUT2D eigenvalue weighted by Crippen LogP contribution is 2.24. The molecule has 1 N–H and O–H groups in total. The second-order valence-corrected chi connectivity index (χ2v) is 7.82. The molecule has 0 aliphatic carbocycles. The van der Waals surface area contributed by atoms with E-state index in [1.165, 1.54) is 17.5 Å². The first-order chi connectivity index (χ1) is 12.5. The fourth-order valence-corrected chi connectivity index (χ4v) is 4.17. The third-order valence-corrected chi connectivity index (χ3v) is 5.92. The molecule has 1 atom stereocenters. The molecule has 1 aromatic rings. The third-order valence-electron chi connectivity index (χ3n) is 5.92. The Hall–Kier alpha value is -1.88. The highest BCUT2D eigenvalue weighted by Gasteiger charge is 2.33. The van der Waals surface area contributed by atoms with Crippen molar-refractivity contribution in [2.45, 2.75) is 51.5 Å². The largest absolute Gasteiger partial charge is 0.480 e. The monoisotopic (exact) mass is 358 g/mol. The van der Waals surface area contributed by atoms with Gasteiger partial charge in [0.1, 0.15) is 6.04 Å². The van der Waals surface area contributed by atoms with Crippen LogP contribution in [-0.4, -0.2) is 59.0 Å². The van der Waals surface area contributed by atoms with E-state index in [2.05, 4.69) is 31.2 Å². The van der Waals surface area contributed by atoms with Gasteiger partial charge in [0, 0.05) is 13.1 Å². The van der Waals surface area contributed by atoms with Gasteiger partial charge in [-0.15, -0.1) is 0 Å². The number of hydrogen-bond acceptors (Lipinski definition) is 3. The van der Waals surface area contributed by atoms with Crippen LogP contribution >= 0.6 is 0 Å². The van der Waals surface area contributed by atoms with Crippen LogP contribution in [0.3, 0.4) is 0 Å². The highest BCUT2D eigenvalue weighted by molar-refractivity contribution is 5.80. The summed E-state index contributed by atoms with van der Waals surface area (Å²) in [6.45, 7) is 4.70. The van der Waals surface area contributed by atoms with Crippen LogP contribution in [0.15, 0.2) is 24.3 Å². The molecular weight excluding hydrogens is 328 g/mol. The number of aliphatic carboxylic acids is 1. The van der Waals surface area contributed by atoms with Crippen molar-refractivity contribution in [3.63, 3.8) is 0 Å². The molecular formula is C21H30N2O3. The van der Waals surface area contributed by atoms with Crippen LogP contribution in [0.4, 0.5) is 0 Å². The normalized spacial score (nSPS) is 21.9. The molecule has 142 valence electrons. The molecule has 3 rings (SSSR count). The van der Waals surface area contributed by atoms with E-state index in [1.807, 2.05) is 9.80 Å². The summed E-state index contributed by atoms with van der Waals surface area (Å²) in [4.78, 5) is 27.5. The van der Waals surface area contributed by atoms with Crippen molar-refractivity contribution in [2.24, 2.45) is 5.92 Å². The number of rotatable bonds is 6. The number of amides is 1. The molecule has 2 aliphatic heterocycles. The molecule has 0 radical (unpaired) electrons. The SMILES string of the molecule is Cc1ccc(CCC2CCN(C(=O)CN3CCC[C@@H]3C(=O)O)CC2)cc1. The van der Waals surface area contributed by atoms with E-state index in [1.54, 1.807) is 0 Å². The third kappa shape index (κ3) is 4.85. The number of carbonyl (C=O) groups is 2. The first-order valence-electron chi connectivity index (χ1n) is 9.83. The lowest BCUT2D eigenvalue weighted by Crippen LogP contribution is -2.46. The maximum absolute atomic E-state index is 12.5. The molecule has 5 heteroatoms. The zero-order valence-electron chi connectivity index (χ0n) is 15.7. The maximum Gasteiger partial charge on any atom is 0.320 e. The van der Waals surface area contributed by atoms with Gasteiger partial charge in [0.2, 0.25) is 5.91 Å². The number of aryl methyl sites for hydroxylation is 2. The molecule has 0 unspecified atom stereocenters. The van der Waals surface area contributed by atoms with Crippen LogP contribution in [0.1, 0.15) is 43.2 Å². The van der Waals surface area contributed by atoms with E-state index in [0.29, 0.717) is 12.3 Å². The fourth-order valence-electron chi connectivity index (χ4n) is 4.17. The molecule has 1 aromatic carbocycles. The Morgan fingerprint density at radius 1 is 1.08 bits per heavy atom.